The minimum absolute atomic E-state index is 0.776. The van der Waals surface area contributed by atoms with Crippen LogP contribution in [-0.2, 0) is 0 Å². The van der Waals surface area contributed by atoms with Crippen molar-refractivity contribution in [2.45, 2.75) is 24.1 Å². The molecule has 1 saturated heterocycles. The van der Waals surface area contributed by atoms with Crippen LogP contribution in [0.2, 0.25) is 0 Å². The lowest BCUT2D eigenvalue weighted by molar-refractivity contribution is 0.222. The highest BCUT2D eigenvalue weighted by atomic mass is 79.9. The number of piperidine rings is 1. The van der Waals surface area contributed by atoms with Gasteiger partial charge < -0.3 is 9.80 Å². The molecule has 1 aliphatic heterocycles. The van der Waals surface area contributed by atoms with Gasteiger partial charge in [0.25, 0.3) is 0 Å². The molecule has 2 nitrogen and oxygen atoms in total. The fraction of sp³-hybridized carbons (Fsp3) is 1.00. The lowest BCUT2D eigenvalue weighted by Gasteiger charge is -2.29. The summed E-state index contributed by atoms with van der Waals surface area (Å²) in [5, 5.41) is 0. The van der Waals surface area contributed by atoms with Gasteiger partial charge in [-0.05, 0) is 59.5 Å². The van der Waals surface area contributed by atoms with E-state index in [1.165, 1.54) is 45.4 Å². The van der Waals surface area contributed by atoms with Crippen LogP contribution in [0.1, 0.15) is 19.3 Å². The average molecular weight is 249 g/mol. The minimum atomic E-state index is 0.776. The second-order valence-electron chi connectivity index (χ2n) is 4.17. The van der Waals surface area contributed by atoms with Gasteiger partial charge in [0, 0.05) is 4.83 Å². The molecule has 1 heterocycles. The molecule has 0 amide bonds. The number of hydrogen-bond acceptors (Lipinski definition) is 2. The van der Waals surface area contributed by atoms with Crippen molar-refractivity contribution in [3.05, 3.63) is 0 Å². The summed E-state index contributed by atoms with van der Waals surface area (Å²) in [5.41, 5.74) is 0. The molecule has 0 N–H and O–H groups in total. The molecule has 0 radical (unpaired) electrons. The summed E-state index contributed by atoms with van der Waals surface area (Å²) in [6.45, 7) is 5.05. The van der Waals surface area contributed by atoms with E-state index >= 15 is 0 Å². The van der Waals surface area contributed by atoms with Crippen LogP contribution >= 0.6 is 15.9 Å². The van der Waals surface area contributed by atoms with Crippen LogP contribution in [0.25, 0.3) is 0 Å². The highest BCUT2D eigenvalue weighted by molar-refractivity contribution is 9.09. The predicted octanol–water partition coefficient (Wildman–Crippen LogP) is 1.80. The molecule has 13 heavy (non-hydrogen) atoms. The molecule has 78 valence electrons. The lowest BCUT2D eigenvalue weighted by atomic mass is 10.1. The number of likely N-dealkylation sites (tertiary alicyclic amines) is 1. The Morgan fingerprint density at radius 2 is 1.92 bits per heavy atom. The summed E-state index contributed by atoms with van der Waals surface area (Å²) in [5.74, 6) is 0. The quantitative estimate of drug-likeness (QED) is 0.701. The molecular weight excluding hydrogens is 228 g/mol. The van der Waals surface area contributed by atoms with E-state index in [1.54, 1.807) is 0 Å². The van der Waals surface area contributed by atoms with E-state index in [-0.39, 0.29) is 0 Å². The van der Waals surface area contributed by atoms with Gasteiger partial charge in [0.1, 0.15) is 0 Å². The van der Waals surface area contributed by atoms with Crippen molar-refractivity contribution in [2.75, 3.05) is 40.3 Å². The van der Waals surface area contributed by atoms with Crippen LogP contribution < -0.4 is 0 Å². The molecule has 0 aromatic heterocycles. The summed E-state index contributed by atoms with van der Waals surface area (Å²) in [6.07, 6.45) is 3.95. The predicted molar refractivity (Wildman–Crippen MR) is 61.6 cm³/mol. The first kappa shape index (κ1) is 11.5. The molecule has 0 bridgehead atoms. The molecule has 0 unspecified atom stereocenters. The zero-order valence-corrected chi connectivity index (χ0v) is 10.4. The van der Waals surface area contributed by atoms with E-state index in [4.69, 9.17) is 0 Å². The van der Waals surface area contributed by atoms with E-state index in [9.17, 15) is 0 Å². The second-order valence-corrected chi connectivity index (χ2v) is 5.47. The van der Waals surface area contributed by atoms with Gasteiger partial charge in [0.2, 0.25) is 0 Å². The minimum Gasteiger partial charge on any atom is -0.309 e. The van der Waals surface area contributed by atoms with Gasteiger partial charge in [-0.2, -0.15) is 0 Å². The number of nitrogens with zero attached hydrogens (tertiary/aromatic N) is 2. The van der Waals surface area contributed by atoms with Gasteiger partial charge in [-0.25, -0.2) is 0 Å². The highest BCUT2D eigenvalue weighted by Crippen LogP contribution is 2.17. The SMILES string of the molecule is CN(C)CCCN1CCC(Br)CC1. The van der Waals surface area contributed by atoms with Crippen LogP contribution in [-0.4, -0.2) is 54.9 Å². The summed E-state index contributed by atoms with van der Waals surface area (Å²) in [7, 11) is 4.29. The Bertz CT molecular complexity index is 131. The second kappa shape index (κ2) is 5.99. The standard InChI is InChI=1S/C10H21BrN2/c1-12(2)6-3-7-13-8-4-10(11)5-9-13/h10H,3-9H2,1-2H3. The summed E-state index contributed by atoms with van der Waals surface area (Å²) in [6, 6.07) is 0. The van der Waals surface area contributed by atoms with Crippen molar-refractivity contribution in [3.63, 3.8) is 0 Å². The smallest absolute Gasteiger partial charge is 0.0170 e. The Morgan fingerprint density at radius 1 is 1.31 bits per heavy atom. The number of alkyl halides is 1. The summed E-state index contributed by atoms with van der Waals surface area (Å²) < 4.78 is 0. The third-order valence-electron chi connectivity index (χ3n) is 2.60. The number of rotatable bonds is 4. The van der Waals surface area contributed by atoms with Crippen molar-refractivity contribution in [3.8, 4) is 0 Å². The molecule has 0 atom stereocenters. The Balaban J connectivity index is 2.02. The topological polar surface area (TPSA) is 6.48 Å². The molecule has 1 rings (SSSR count). The molecule has 0 saturated carbocycles. The van der Waals surface area contributed by atoms with Crippen molar-refractivity contribution >= 4 is 15.9 Å². The van der Waals surface area contributed by atoms with Crippen LogP contribution in [0.15, 0.2) is 0 Å². The lowest BCUT2D eigenvalue weighted by Crippen LogP contribution is -2.35. The van der Waals surface area contributed by atoms with Crippen LogP contribution in [0, 0.1) is 0 Å². The highest BCUT2D eigenvalue weighted by Gasteiger charge is 2.15. The first-order valence-corrected chi connectivity index (χ1v) is 6.11. The maximum atomic E-state index is 3.67. The Morgan fingerprint density at radius 3 is 2.46 bits per heavy atom. The molecule has 1 aliphatic rings. The van der Waals surface area contributed by atoms with Gasteiger partial charge in [0.15, 0.2) is 0 Å². The van der Waals surface area contributed by atoms with Gasteiger partial charge in [-0.3, -0.25) is 0 Å². The van der Waals surface area contributed by atoms with Crippen LogP contribution in [0.3, 0.4) is 0 Å². The molecule has 0 aliphatic carbocycles. The van der Waals surface area contributed by atoms with Crippen LogP contribution in [0.5, 0.6) is 0 Å². The number of halogens is 1. The van der Waals surface area contributed by atoms with Gasteiger partial charge in [-0.1, -0.05) is 15.9 Å². The molecule has 0 aromatic rings. The monoisotopic (exact) mass is 248 g/mol. The molecule has 3 heteroatoms. The zero-order chi connectivity index (χ0) is 9.68. The maximum Gasteiger partial charge on any atom is 0.0170 e. The average Bonchev–Trinajstić information content (AvgIpc) is 2.08. The largest absolute Gasteiger partial charge is 0.309 e. The first-order chi connectivity index (χ1) is 6.18. The van der Waals surface area contributed by atoms with Gasteiger partial charge >= 0.3 is 0 Å². The van der Waals surface area contributed by atoms with Crippen LogP contribution in [0.4, 0.5) is 0 Å². The van der Waals surface area contributed by atoms with Crippen molar-refractivity contribution in [1.29, 1.82) is 0 Å². The van der Waals surface area contributed by atoms with Gasteiger partial charge in [-0.15, -0.1) is 0 Å². The van der Waals surface area contributed by atoms with E-state index in [0.717, 1.165) is 4.83 Å². The molecule has 0 spiro atoms. The van der Waals surface area contributed by atoms with Crippen molar-refractivity contribution in [2.24, 2.45) is 0 Å². The van der Waals surface area contributed by atoms with E-state index < -0.39 is 0 Å². The molecule has 1 fully saturated rings. The van der Waals surface area contributed by atoms with E-state index in [2.05, 4.69) is 39.8 Å². The van der Waals surface area contributed by atoms with E-state index in [1.807, 2.05) is 0 Å². The summed E-state index contributed by atoms with van der Waals surface area (Å²) in [4.78, 5) is 5.62. The van der Waals surface area contributed by atoms with Gasteiger partial charge in [0.05, 0.1) is 0 Å². The molecule has 0 aromatic carbocycles. The zero-order valence-electron chi connectivity index (χ0n) is 8.80. The van der Waals surface area contributed by atoms with Crippen molar-refractivity contribution in [1.82, 2.24) is 9.80 Å². The van der Waals surface area contributed by atoms with E-state index in [0.29, 0.717) is 0 Å². The Labute approximate surface area is 90.4 Å². The number of hydrogen-bond donors (Lipinski definition) is 0. The summed E-state index contributed by atoms with van der Waals surface area (Å²) >= 11 is 3.67. The normalized spacial score (nSPS) is 21.2. The molecular formula is C10H21BrN2. The third-order valence-corrected chi connectivity index (χ3v) is 3.51. The first-order valence-electron chi connectivity index (χ1n) is 5.19. The van der Waals surface area contributed by atoms with Crippen molar-refractivity contribution < 1.29 is 0 Å². The Kier molecular flexibility index (Phi) is 5.29. The fourth-order valence-electron chi connectivity index (χ4n) is 1.74. The Hall–Kier alpha value is 0.400. The maximum absolute atomic E-state index is 3.67. The third kappa shape index (κ3) is 4.99. The fourth-order valence-corrected chi connectivity index (χ4v) is 2.15.